The number of imide groups is 1. The molecule has 0 bridgehead atoms. The quantitative estimate of drug-likeness (QED) is 0.758. The van der Waals surface area contributed by atoms with Crippen LogP contribution >= 0.6 is 0 Å². The number of amides is 3. The standard InChI is InChI=1S/C13H16N4O2/c1-9(2)16-13(19)17-12(18)8-15-11-5-3-4-10(6-11)7-14/h3-6,9,15H,8H2,1-2H3,(H2,16,17,18,19). The summed E-state index contributed by atoms with van der Waals surface area (Å²) in [6.07, 6.45) is 0. The summed E-state index contributed by atoms with van der Waals surface area (Å²) < 4.78 is 0. The van der Waals surface area contributed by atoms with E-state index in [4.69, 9.17) is 5.26 Å². The second-order valence-corrected chi connectivity index (χ2v) is 4.22. The van der Waals surface area contributed by atoms with Crippen LogP contribution in [0.15, 0.2) is 24.3 Å². The smallest absolute Gasteiger partial charge is 0.321 e. The molecule has 0 saturated carbocycles. The summed E-state index contributed by atoms with van der Waals surface area (Å²) in [6.45, 7) is 3.56. The average Bonchev–Trinajstić information content (AvgIpc) is 2.35. The van der Waals surface area contributed by atoms with E-state index in [-0.39, 0.29) is 12.6 Å². The Labute approximate surface area is 111 Å². The first-order valence-corrected chi connectivity index (χ1v) is 5.85. The zero-order chi connectivity index (χ0) is 14.3. The summed E-state index contributed by atoms with van der Waals surface area (Å²) in [7, 11) is 0. The Morgan fingerprint density at radius 1 is 1.37 bits per heavy atom. The van der Waals surface area contributed by atoms with E-state index in [1.54, 1.807) is 38.1 Å². The van der Waals surface area contributed by atoms with Gasteiger partial charge in [0.1, 0.15) is 0 Å². The van der Waals surface area contributed by atoms with Crippen LogP contribution in [0.5, 0.6) is 0 Å². The Morgan fingerprint density at radius 2 is 2.11 bits per heavy atom. The molecule has 3 amide bonds. The fraction of sp³-hybridized carbons (Fsp3) is 0.308. The van der Waals surface area contributed by atoms with Gasteiger partial charge in [-0.25, -0.2) is 4.79 Å². The summed E-state index contributed by atoms with van der Waals surface area (Å²) in [6, 6.07) is 8.19. The molecule has 0 radical (unpaired) electrons. The lowest BCUT2D eigenvalue weighted by molar-refractivity contribution is -0.118. The lowest BCUT2D eigenvalue weighted by atomic mass is 10.2. The van der Waals surface area contributed by atoms with Crippen LogP contribution in [0, 0.1) is 11.3 Å². The molecule has 0 saturated heterocycles. The Balaban J connectivity index is 2.42. The van der Waals surface area contributed by atoms with Crippen LogP contribution in [-0.2, 0) is 4.79 Å². The van der Waals surface area contributed by atoms with Crippen LogP contribution in [0.25, 0.3) is 0 Å². The van der Waals surface area contributed by atoms with Crippen molar-refractivity contribution < 1.29 is 9.59 Å². The van der Waals surface area contributed by atoms with Gasteiger partial charge in [0.25, 0.3) is 0 Å². The number of hydrogen-bond acceptors (Lipinski definition) is 4. The molecule has 1 aromatic carbocycles. The molecule has 0 spiro atoms. The summed E-state index contributed by atoms with van der Waals surface area (Å²) in [5.41, 5.74) is 1.15. The second kappa shape index (κ2) is 7.01. The Hall–Kier alpha value is -2.55. The Kier molecular flexibility index (Phi) is 5.35. The van der Waals surface area contributed by atoms with Crippen molar-refractivity contribution in [3.05, 3.63) is 29.8 Å². The lowest BCUT2D eigenvalue weighted by Gasteiger charge is -2.10. The number of rotatable bonds is 4. The van der Waals surface area contributed by atoms with Gasteiger partial charge in [-0.1, -0.05) is 6.07 Å². The second-order valence-electron chi connectivity index (χ2n) is 4.22. The van der Waals surface area contributed by atoms with Gasteiger partial charge in [0.05, 0.1) is 18.2 Å². The van der Waals surface area contributed by atoms with Gasteiger partial charge in [-0.2, -0.15) is 5.26 Å². The van der Waals surface area contributed by atoms with Gasteiger partial charge in [0, 0.05) is 11.7 Å². The van der Waals surface area contributed by atoms with Gasteiger partial charge in [-0.15, -0.1) is 0 Å². The minimum Gasteiger partial charge on any atom is -0.376 e. The Bertz CT molecular complexity index is 506. The van der Waals surface area contributed by atoms with Crippen molar-refractivity contribution in [2.24, 2.45) is 0 Å². The molecular formula is C13H16N4O2. The molecule has 6 heteroatoms. The van der Waals surface area contributed by atoms with Crippen LogP contribution in [-0.4, -0.2) is 24.5 Å². The zero-order valence-corrected chi connectivity index (χ0v) is 10.9. The maximum atomic E-state index is 11.5. The van der Waals surface area contributed by atoms with E-state index < -0.39 is 11.9 Å². The number of nitriles is 1. The molecule has 3 N–H and O–H groups in total. The van der Waals surface area contributed by atoms with Gasteiger partial charge in [-0.3, -0.25) is 10.1 Å². The van der Waals surface area contributed by atoms with E-state index in [0.717, 1.165) is 0 Å². The normalized spacial score (nSPS) is 9.58. The van der Waals surface area contributed by atoms with Crippen molar-refractivity contribution in [2.45, 2.75) is 19.9 Å². The molecule has 1 aromatic rings. The third-order valence-corrected chi connectivity index (χ3v) is 2.12. The lowest BCUT2D eigenvalue weighted by Crippen LogP contribution is -2.44. The Morgan fingerprint density at radius 3 is 2.74 bits per heavy atom. The minimum absolute atomic E-state index is 0.0342. The van der Waals surface area contributed by atoms with Crippen molar-refractivity contribution >= 4 is 17.6 Å². The molecule has 1 rings (SSSR count). The summed E-state index contributed by atoms with van der Waals surface area (Å²) in [5, 5.41) is 16.3. The van der Waals surface area contributed by atoms with Crippen LogP contribution in [0.3, 0.4) is 0 Å². The van der Waals surface area contributed by atoms with Gasteiger partial charge < -0.3 is 10.6 Å². The number of urea groups is 1. The van der Waals surface area contributed by atoms with E-state index in [9.17, 15) is 9.59 Å². The monoisotopic (exact) mass is 260 g/mol. The predicted molar refractivity (Wildman–Crippen MR) is 71.5 cm³/mol. The fourth-order valence-corrected chi connectivity index (χ4v) is 1.35. The first-order valence-electron chi connectivity index (χ1n) is 5.85. The van der Waals surface area contributed by atoms with Crippen LogP contribution < -0.4 is 16.0 Å². The van der Waals surface area contributed by atoms with Crippen molar-refractivity contribution in [3.63, 3.8) is 0 Å². The number of nitrogens with one attached hydrogen (secondary N) is 3. The molecule has 0 aliphatic rings. The van der Waals surface area contributed by atoms with Crippen molar-refractivity contribution in [1.29, 1.82) is 5.26 Å². The molecule has 0 aliphatic heterocycles. The molecule has 0 unspecified atom stereocenters. The fourth-order valence-electron chi connectivity index (χ4n) is 1.35. The molecule has 0 fully saturated rings. The first kappa shape index (κ1) is 14.5. The number of nitrogens with zero attached hydrogens (tertiary/aromatic N) is 1. The van der Waals surface area contributed by atoms with Gasteiger partial charge in [-0.05, 0) is 32.0 Å². The molecule has 0 aromatic heterocycles. The maximum absolute atomic E-state index is 11.5. The summed E-state index contributed by atoms with van der Waals surface area (Å²) in [4.78, 5) is 22.7. The number of carbonyl (C=O) groups is 2. The SMILES string of the molecule is CC(C)NC(=O)NC(=O)CNc1cccc(C#N)c1. The third kappa shape index (κ3) is 5.55. The van der Waals surface area contributed by atoms with E-state index in [2.05, 4.69) is 16.0 Å². The molecule has 0 atom stereocenters. The van der Waals surface area contributed by atoms with Gasteiger partial charge >= 0.3 is 6.03 Å². The summed E-state index contributed by atoms with van der Waals surface area (Å²) in [5.74, 6) is -0.444. The molecule has 0 heterocycles. The molecule has 6 nitrogen and oxygen atoms in total. The van der Waals surface area contributed by atoms with Gasteiger partial charge in [0.15, 0.2) is 0 Å². The van der Waals surface area contributed by atoms with E-state index in [1.807, 2.05) is 6.07 Å². The van der Waals surface area contributed by atoms with Crippen molar-refractivity contribution in [2.75, 3.05) is 11.9 Å². The number of hydrogen-bond donors (Lipinski definition) is 3. The highest BCUT2D eigenvalue weighted by Crippen LogP contribution is 2.08. The number of anilines is 1. The van der Waals surface area contributed by atoms with Crippen molar-refractivity contribution in [3.8, 4) is 6.07 Å². The predicted octanol–water partition coefficient (Wildman–Crippen LogP) is 1.20. The highest BCUT2D eigenvalue weighted by molar-refractivity contribution is 5.96. The van der Waals surface area contributed by atoms with Gasteiger partial charge in [0.2, 0.25) is 5.91 Å². The summed E-state index contributed by atoms with van der Waals surface area (Å²) >= 11 is 0. The topological polar surface area (TPSA) is 94.0 Å². The van der Waals surface area contributed by atoms with Crippen LogP contribution in [0.2, 0.25) is 0 Å². The van der Waals surface area contributed by atoms with Crippen LogP contribution in [0.4, 0.5) is 10.5 Å². The van der Waals surface area contributed by atoms with Crippen LogP contribution in [0.1, 0.15) is 19.4 Å². The highest BCUT2D eigenvalue weighted by Gasteiger charge is 2.08. The molecular weight excluding hydrogens is 244 g/mol. The van der Waals surface area contributed by atoms with E-state index in [1.165, 1.54) is 0 Å². The number of benzene rings is 1. The largest absolute Gasteiger partial charge is 0.376 e. The molecule has 100 valence electrons. The molecule has 19 heavy (non-hydrogen) atoms. The van der Waals surface area contributed by atoms with E-state index >= 15 is 0 Å². The zero-order valence-electron chi connectivity index (χ0n) is 10.9. The van der Waals surface area contributed by atoms with Crippen molar-refractivity contribution in [1.82, 2.24) is 10.6 Å². The third-order valence-electron chi connectivity index (χ3n) is 2.12. The average molecular weight is 260 g/mol. The minimum atomic E-state index is -0.521. The maximum Gasteiger partial charge on any atom is 0.321 e. The first-order chi connectivity index (χ1) is 9.01. The molecule has 0 aliphatic carbocycles. The van der Waals surface area contributed by atoms with E-state index in [0.29, 0.717) is 11.3 Å². The number of carbonyl (C=O) groups excluding carboxylic acids is 2. The highest BCUT2D eigenvalue weighted by atomic mass is 16.2.